The van der Waals surface area contributed by atoms with Crippen molar-refractivity contribution in [2.75, 3.05) is 26.2 Å². The van der Waals surface area contributed by atoms with Gasteiger partial charge in [-0.05, 0) is 64.7 Å². The van der Waals surface area contributed by atoms with Crippen molar-refractivity contribution in [1.82, 2.24) is 10.2 Å². The molecule has 1 heterocycles. The molecule has 1 aliphatic heterocycles. The number of halogens is 3. The van der Waals surface area contributed by atoms with Crippen molar-refractivity contribution in [1.29, 1.82) is 0 Å². The molecule has 1 N–H and O–H groups in total. The molecule has 0 saturated carbocycles. The Bertz CT molecular complexity index is 235. The monoisotopic (exact) mass is 280 g/mol. The predicted molar refractivity (Wildman–Crippen MR) is 72.2 cm³/mol. The fraction of sp³-hybridized carbons (Fsp3) is 1.00. The Labute approximate surface area is 114 Å². The molecule has 0 radical (unpaired) electrons. The number of nitrogens with one attached hydrogen (secondary N) is 1. The van der Waals surface area contributed by atoms with Crippen LogP contribution in [0.4, 0.5) is 13.2 Å². The summed E-state index contributed by atoms with van der Waals surface area (Å²) in [5.41, 5.74) is 0. The maximum Gasteiger partial charge on any atom is 0.389 e. The van der Waals surface area contributed by atoms with Gasteiger partial charge in [0.05, 0.1) is 0 Å². The van der Waals surface area contributed by atoms with E-state index in [1.807, 2.05) is 0 Å². The first kappa shape index (κ1) is 16.8. The Kier molecular flexibility index (Phi) is 7.15. The first-order valence-electron chi connectivity index (χ1n) is 7.45. The van der Waals surface area contributed by atoms with Gasteiger partial charge in [0.2, 0.25) is 0 Å². The minimum atomic E-state index is -4.02. The van der Waals surface area contributed by atoms with Crippen LogP contribution in [0.25, 0.3) is 0 Å². The van der Waals surface area contributed by atoms with Crippen molar-refractivity contribution in [2.24, 2.45) is 5.92 Å². The highest BCUT2D eigenvalue weighted by atomic mass is 19.4. The van der Waals surface area contributed by atoms with Gasteiger partial charge in [-0.1, -0.05) is 6.92 Å². The summed E-state index contributed by atoms with van der Waals surface area (Å²) in [5.74, 6) is 0.610. The van der Waals surface area contributed by atoms with Crippen molar-refractivity contribution in [3.05, 3.63) is 0 Å². The van der Waals surface area contributed by atoms with Gasteiger partial charge in [-0.3, -0.25) is 0 Å². The zero-order valence-corrected chi connectivity index (χ0v) is 12.1. The lowest BCUT2D eigenvalue weighted by Gasteiger charge is -2.35. The molecule has 0 aromatic heterocycles. The average Bonchev–Trinajstić information content (AvgIpc) is 2.34. The second kappa shape index (κ2) is 8.10. The van der Waals surface area contributed by atoms with E-state index in [-0.39, 0.29) is 6.42 Å². The topological polar surface area (TPSA) is 15.3 Å². The SMILES string of the molecule is CCCN1CCC(C(C)NCCCC(F)(F)F)CC1. The Morgan fingerprint density at radius 2 is 1.89 bits per heavy atom. The standard InChI is InChI=1S/C14H27F3N2/c1-3-9-19-10-5-13(6-11-19)12(2)18-8-4-7-14(15,16)17/h12-13,18H,3-11H2,1-2H3. The molecule has 1 unspecified atom stereocenters. The molecule has 0 spiro atoms. The van der Waals surface area contributed by atoms with Crippen LogP contribution in [0.15, 0.2) is 0 Å². The molecule has 1 atom stereocenters. The Morgan fingerprint density at radius 1 is 1.26 bits per heavy atom. The van der Waals surface area contributed by atoms with E-state index in [0.29, 0.717) is 18.5 Å². The van der Waals surface area contributed by atoms with E-state index in [2.05, 4.69) is 24.1 Å². The summed E-state index contributed by atoms with van der Waals surface area (Å²) in [6.07, 6.45) is -1.00. The summed E-state index contributed by atoms with van der Waals surface area (Å²) in [5, 5.41) is 3.25. The van der Waals surface area contributed by atoms with Crippen LogP contribution >= 0.6 is 0 Å². The van der Waals surface area contributed by atoms with Crippen LogP contribution in [0.2, 0.25) is 0 Å². The van der Waals surface area contributed by atoms with E-state index in [4.69, 9.17) is 0 Å². The molecule has 1 fully saturated rings. The second-order valence-corrected chi connectivity index (χ2v) is 5.64. The molecule has 5 heteroatoms. The number of hydrogen-bond donors (Lipinski definition) is 1. The van der Waals surface area contributed by atoms with E-state index in [0.717, 1.165) is 25.9 Å². The predicted octanol–water partition coefficient (Wildman–Crippen LogP) is 3.43. The van der Waals surface area contributed by atoms with Gasteiger partial charge >= 0.3 is 6.18 Å². The summed E-state index contributed by atoms with van der Waals surface area (Å²) in [7, 11) is 0. The van der Waals surface area contributed by atoms with Crippen LogP contribution in [-0.2, 0) is 0 Å². The lowest BCUT2D eigenvalue weighted by atomic mass is 9.90. The largest absolute Gasteiger partial charge is 0.389 e. The molecule has 1 saturated heterocycles. The van der Waals surface area contributed by atoms with Gasteiger partial charge in [-0.25, -0.2) is 0 Å². The van der Waals surface area contributed by atoms with Crippen LogP contribution in [0.1, 0.15) is 46.0 Å². The number of nitrogens with zero attached hydrogens (tertiary/aromatic N) is 1. The Hall–Kier alpha value is -0.290. The molecule has 0 aromatic carbocycles. The van der Waals surface area contributed by atoms with Gasteiger partial charge in [0.25, 0.3) is 0 Å². The summed E-state index contributed by atoms with van der Waals surface area (Å²) >= 11 is 0. The molecule has 0 aliphatic carbocycles. The number of rotatable bonds is 7. The van der Waals surface area contributed by atoms with E-state index in [1.54, 1.807) is 0 Å². The number of hydrogen-bond acceptors (Lipinski definition) is 2. The fourth-order valence-corrected chi connectivity index (χ4v) is 2.78. The fourth-order valence-electron chi connectivity index (χ4n) is 2.78. The molecular weight excluding hydrogens is 253 g/mol. The van der Waals surface area contributed by atoms with Gasteiger partial charge in [0.1, 0.15) is 0 Å². The molecular formula is C14H27F3N2. The zero-order chi connectivity index (χ0) is 14.3. The van der Waals surface area contributed by atoms with Crippen LogP contribution in [0, 0.1) is 5.92 Å². The average molecular weight is 280 g/mol. The lowest BCUT2D eigenvalue weighted by molar-refractivity contribution is -0.135. The number of alkyl halides is 3. The third-order valence-electron chi connectivity index (χ3n) is 3.98. The molecule has 19 heavy (non-hydrogen) atoms. The van der Waals surface area contributed by atoms with Crippen molar-refractivity contribution in [2.45, 2.75) is 58.2 Å². The van der Waals surface area contributed by atoms with Gasteiger partial charge in [-0.15, -0.1) is 0 Å². The molecule has 0 amide bonds. The molecule has 0 bridgehead atoms. The first-order chi connectivity index (χ1) is 8.92. The molecule has 1 rings (SSSR count). The highest BCUT2D eigenvalue weighted by Gasteiger charge is 2.27. The van der Waals surface area contributed by atoms with Crippen LogP contribution < -0.4 is 5.32 Å². The zero-order valence-electron chi connectivity index (χ0n) is 12.1. The Morgan fingerprint density at radius 3 is 2.42 bits per heavy atom. The minimum absolute atomic E-state index is 0.183. The van der Waals surface area contributed by atoms with Gasteiger partial charge in [0.15, 0.2) is 0 Å². The van der Waals surface area contributed by atoms with E-state index in [9.17, 15) is 13.2 Å². The maximum absolute atomic E-state index is 12.0. The molecule has 2 nitrogen and oxygen atoms in total. The van der Waals surface area contributed by atoms with Crippen molar-refractivity contribution < 1.29 is 13.2 Å². The molecule has 1 aliphatic rings. The smallest absolute Gasteiger partial charge is 0.314 e. The second-order valence-electron chi connectivity index (χ2n) is 5.64. The van der Waals surface area contributed by atoms with Gasteiger partial charge in [-0.2, -0.15) is 13.2 Å². The highest BCUT2D eigenvalue weighted by molar-refractivity contribution is 4.79. The lowest BCUT2D eigenvalue weighted by Crippen LogP contribution is -2.42. The quantitative estimate of drug-likeness (QED) is 0.719. The Balaban J connectivity index is 2.12. The highest BCUT2D eigenvalue weighted by Crippen LogP contribution is 2.22. The van der Waals surface area contributed by atoms with Gasteiger partial charge < -0.3 is 10.2 Å². The van der Waals surface area contributed by atoms with E-state index < -0.39 is 12.6 Å². The minimum Gasteiger partial charge on any atom is -0.314 e. The summed E-state index contributed by atoms with van der Waals surface area (Å²) in [6, 6.07) is 0.331. The van der Waals surface area contributed by atoms with Gasteiger partial charge in [0, 0.05) is 12.5 Å². The third kappa shape index (κ3) is 7.16. The summed E-state index contributed by atoms with van der Waals surface area (Å²) in [4.78, 5) is 2.48. The van der Waals surface area contributed by atoms with Crippen molar-refractivity contribution in [3.8, 4) is 0 Å². The van der Waals surface area contributed by atoms with E-state index >= 15 is 0 Å². The maximum atomic E-state index is 12.0. The van der Waals surface area contributed by atoms with Crippen LogP contribution in [-0.4, -0.2) is 43.3 Å². The van der Waals surface area contributed by atoms with Crippen molar-refractivity contribution in [3.63, 3.8) is 0 Å². The summed E-state index contributed by atoms with van der Waals surface area (Å²) in [6.45, 7) is 8.20. The number of likely N-dealkylation sites (tertiary alicyclic amines) is 1. The third-order valence-corrected chi connectivity index (χ3v) is 3.98. The normalized spacial score (nSPS) is 20.7. The van der Waals surface area contributed by atoms with Crippen LogP contribution in [0.3, 0.4) is 0 Å². The van der Waals surface area contributed by atoms with E-state index in [1.165, 1.54) is 13.0 Å². The van der Waals surface area contributed by atoms with Crippen LogP contribution in [0.5, 0.6) is 0 Å². The van der Waals surface area contributed by atoms with Crippen molar-refractivity contribution >= 4 is 0 Å². The molecule has 114 valence electrons. The molecule has 0 aromatic rings. The first-order valence-corrected chi connectivity index (χ1v) is 7.45. The summed E-state index contributed by atoms with van der Waals surface area (Å²) < 4.78 is 36.1. The number of piperidine rings is 1.